The molecule has 0 radical (unpaired) electrons. The van der Waals surface area contributed by atoms with Crippen LogP contribution in [-0.4, -0.2) is 19.7 Å². The molecule has 0 heterocycles. The van der Waals surface area contributed by atoms with E-state index in [0.717, 1.165) is 25.7 Å². The lowest BCUT2D eigenvalue weighted by molar-refractivity contribution is -0.116. The van der Waals surface area contributed by atoms with Gasteiger partial charge in [-0.05, 0) is 55.4 Å². The van der Waals surface area contributed by atoms with E-state index < -0.39 is 8.32 Å². The summed E-state index contributed by atoms with van der Waals surface area (Å²) in [7, 11) is -1.66. The van der Waals surface area contributed by atoms with Crippen molar-refractivity contribution in [1.29, 1.82) is 0 Å². The monoisotopic (exact) mass is 276 g/mol. The van der Waals surface area contributed by atoms with Crippen molar-refractivity contribution in [2.45, 2.75) is 70.7 Å². The van der Waals surface area contributed by atoms with Gasteiger partial charge in [0.25, 0.3) is 0 Å². The van der Waals surface area contributed by atoms with Crippen LogP contribution in [0, 0.1) is 5.92 Å². The van der Waals surface area contributed by atoms with Gasteiger partial charge in [-0.15, -0.1) is 0 Å². The summed E-state index contributed by atoms with van der Waals surface area (Å²) in [6.07, 6.45) is 4.08. The lowest BCUT2D eigenvalue weighted by atomic mass is 9.88. The molecule has 1 fully saturated rings. The minimum Gasteiger partial charge on any atom is -0.414 e. The van der Waals surface area contributed by atoms with Crippen LogP contribution in [0.5, 0.6) is 0 Å². The summed E-state index contributed by atoms with van der Waals surface area (Å²) in [5, 5.41) is 0.0855. The topological polar surface area (TPSA) is 26.3 Å². The van der Waals surface area contributed by atoms with Crippen LogP contribution in [0.4, 0.5) is 0 Å². The summed E-state index contributed by atoms with van der Waals surface area (Å²) in [6, 6.07) is 0. The molecule has 0 aromatic carbocycles. The molecule has 0 atom stereocenters. The Balaban J connectivity index is 2.48. The van der Waals surface area contributed by atoms with Gasteiger partial charge >= 0.3 is 0 Å². The second-order valence-electron chi connectivity index (χ2n) is 6.66. The normalized spacial score (nSPS) is 26.9. The highest BCUT2D eigenvalue weighted by Crippen LogP contribution is 2.39. The molecule has 0 bridgehead atoms. The third kappa shape index (κ3) is 4.07. The van der Waals surface area contributed by atoms with Crippen LogP contribution >= 0.6 is 11.6 Å². The number of carbonyl (C=O) groups is 1. The smallest absolute Gasteiger partial charge is 0.224 e. The predicted molar refractivity (Wildman–Crippen MR) is 74.9 cm³/mol. The number of hydrogen-bond donors (Lipinski definition) is 0. The van der Waals surface area contributed by atoms with E-state index in [1.54, 1.807) is 0 Å². The Morgan fingerprint density at radius 1 is 1.18 bits per heavy atom. The SMILES string of the molecule is CC(C)(C)[Si](C)(C)OC1CCC(C(=O)Cl)CC1. The van der Waals surface area contributed by atoms with Gasteiger partial charge in [-0.25, -0.2) is 0 Å². The Morgan fingerprint density at radius 3 is 2.00 bits per heavy atom. The van der Waals surface area contributed by atoms with E-state index in [0.29, 0.717) is 6.10 Å². The van der Waals surface area contributed by atoms with Gasteiger partial charge in [0.15, 0.2) is 8.32 Å². The van der Waals surface area contributed by atoms with Gasteiger partial charge in [0.05, 0.1) is 0 Å². The van der Waals surface area contributed by atoms with Crippen molar-refractivity contribution in [3.8, 4) is 0 Å². The third-order valence-corrected chi connectivity index (χ3v) is 9.11. The quantitative estimate of drug-likeness (QED) is 0.566. The maximum atomic E-state index is 11.1. The van der Waals surface area contributed by atoms with E-state index in [2.05, 4.69) is 33.9 Å². The summed E-state index contributed by atoms with van der Waals surface area (Å²) in [6.45, 7) is 11.3. The molecule has 0 spiro atoms. The third-order valence-electron chi connectivity index (χ3n) is 4.26. The lowest BCUT2D eigenvalue weighted by Gasteiger charge is -2.41. The van der Waals surface area contributed by atoms with Crippen LogP contribution in [0.2, 0.25) is 18.1 Å². The molecule has 2 nitrogen and oxygen atoms in total. The molecular weight excluding hydrogens is 252 g/mol. The van der Waals surface area contributed by atoms with E-state index in [4.69, 9.17) is 16.0 Å². The minimum atomic E-state index is -1.66. The fourth-order valence-corrected chi connectivity index (χ4v) is 3.64. The second kappa shape index (κ2) is 5.41. The molecule has 0 unspecified atom stereocenters. The molecule has 4 heteroatoms. The van der Waals surface area contributed by atoms with Crippen molar-refractivity contribution in [3.05, 3.63) is 0 Å². The molecule has 0 aromatic heterocycles. The van der Waals surface area contributed by atoms with Crippen LogP contribution in [0.25, 0.3) is 0 Å². The first-order valence-corrected chi connectivity index (χ1v) is 9.79. The van der Waals surface area contributed by atoms with Crippen molar-refractivity contribution >= 4 is 25.2 Å². The molecule has 0 amide bonds. The summed E-state index contributed by atoms with van der Waals surface area (Å²) in [4.78, 5) is 11.1. The Kier molecular flexibility index (Phi) is 4.84. The fourth-order valence-electron chi connectivity index (χ4n) is 2.00. The van der Waals surface area contributed by atoms with Gasteiger partial charge in [-0.2, -0.15) is 0 Å². The van der Waals surface area contributed by atoms with Crippen molar-refractivity contribution in [2.75, 3.05) is 0 Å². The van der Waals surface area contributed by atoms with Crippen LogP contribution in [0.1, 0.15) is 46.5 Å². The second-order valence-corrected chi connectivity index (χ2v) is 11.8. The lowest BCUT2D eigenvalue weighted by Crippen LogP contribution is -2.44. The van der Waals surface area contributed by atoms with E-state index >= 15 is 0 Å². The molecule has 1 rings (SSSR count). The zero-order chi connectivity index (χ0) is 13.3. The molecule has 0 aliphatic heterocycles. The van der Waals surface area contributed by atoms with Crippen LogP contribution in [-0.2, 0) is 9.22 Å². The molecule has 0 saturated heterocycles. The van der Waals surface area contributed by atoms with Gasteiger partial charge in [0, 0.05) is 12.0 Å². The Morgan fingerprint density at radius 2 is 1.65 bits per heavy atom. The van der Waals surface area contributed by atoms with Crippen LogP contribution in [0.15, 0.2) is 0 Å². The maximum absolute atomic E-state index is 11.1. The molecule has 0 N–H and O–H groups in total. The van der Waals surface area contributed by atoms with Crippen molar-refractivity contribution in [2.24, 2.45) is 5.92 Å². The first-order valence-electron chi connectivity index (χ1n) is 6.50. The molecule has 100 valence electrons. The van der Waals surface area contributed by atoms with Crippen molar-refractivity contribution < 1.29 is 9.22 Å². The first kappa shape index (κ1) is 15.2. The predicted octanol–water partition coefficient (Wildman–Crippen LogP) is 4.33. The average Bonchev–Trinajstić information content (AvgIpc) is 2.16. The molecule has 1 aliphatic rings. The number of rotatable bonds is 3. The standard InChI is InChI=1S/C13H25ClO2Si/c1-13(2,3)17(4,5)16-11-8-6-10(7-9-11)12(14)15/h10-11H,6-9H2,1-5H3. The van der Waals surface area contributed by atoms with E-state index in [9.17, 15) is 4.79 Å². The van der Waals surface area contributed by atoms with Crippen molar-refractivity contribution in [1.82, 2.24) is 0 Å². The van der Waals surface area contributed by atoms with Crippen LogP contribution < -0.4 is 0 Å². The van der Waals surface area contributed by atoms with Crippen molar-refractivity contribution in [3.63, 3.8) is 0 Å². The first-order chi connectivity index (χ1) is 7.63. The van der Waals surface area contributed by atoms with E-state index in [1.807, 2.05) is 0 Å². The van der Waals surface area contributed by atoms with Gasteiger partial charge in [0.2, 0.25) is 5.24 Å². The molecule has 1 saturated carbocycles. The zero-order valence-electron chi connectivity index (χ0n) is 11.7. The Hall–Kier alpha value is 0.137. The largest absolute Gasteiger partial charge is 0.414 e. The van der Waals surface area contributed by atoms with Gasteiger partial charge < -0.3 is 4.43 Å². The summed E-state index contributed by atoms with van der Waals surface area (Å²) in [5.74, 6) is 0.0657. The highest BCUT2D eigenvalue weighted by Gasteiger charge is 2.40. The molecule has 1 aliphatic carbocycles. The number of hydrogen-bond acceptors (Lipinski definition) is 2. The summed E-state index contributed by atoms with van der Waals surface area (Å²) in [5.41, 5.74) is 0. The Bertz CT molecular complexity index is 276. The van der Waals surface area contributed by atoms with E-state index in [-0.39, 0.29) is 16.2 Å². The summed E-state index contributed by atoms with van der Waals surface area (Å²) < 4.78 is 6.36. The molecule has 0 aromatic rings. The minimum absolute atomic E-state index is 0.0657. The van der Waals surface area contributed by atoms with Crippen LogP contribution in [0.3, 0.4) is 0 Å². The zero-order valence-corrected chi connectivity index (χ0v) is 13.4. The Labute approximate surface area is 111 Å². The van der Waals surface area contributed by atoms with Gasteiger partial charge in [0.1, 0.15) is 0 Å². The van der Waals surface area contributed by atoms with Gasteiger partial charge in [-0.1, -0.05) is 20.8 Å². The van der Waals surface area contributed by atoms with Gasteiger partial charge in [-0.3, -0.25) is 4.79 Å². The van der Waals surface area contributed by atoms with E-state index in [1.165, 1.54) is 0 Å². The highest BCUT2D eigenvalue weighted by atomic mass is 35.5. The fraction of sp³-hybridized carbons (Fsp3) is 0.923. The maximum Gasteiger partial charge on any atom is 0.224 e. The highest BCUT2D eigenvalue weighted by molar-refractivity contribution is 6.74. The number of halogens is 1. The molecule has 17 heavy (non-hydrogen) atoms. The average molecular weight is 277 g/mol. The summed E-state index contributed by atoms with van der Waals surface area (Å²) >= 11 is 5.54. The molecular formula is C13H25ClO2Si. The number of carbonyl (C=O) groups excluding carboxylic acids is 1.